The van der Waals surface area contributed by atoms with E-state index in [0.717, 1.165) is 23.6 Å². The van der Waals surface area contributed by atoms with Crippen LogP contribution in [0.1, 0.15) is 67.2 Å². The van der Waals surface area contributed by atoms with Gasteiger partial charge in [0.15, 0.2) is 0 Å². The predicted molar refractivity (Wildman–Crippen MR) is 161 cm³/mol. The Morgan fingerprint density at radius 2 is 0.857 bits per heavy atom. The normalized spacial score (nSPS) is 14.1. The molecule has 0 atom stereocenters. The Bertz CT molecular complexity index is 500. The van der Waals surface area contributed by atoms with Crippen LogP contribution < -0.4 is 0 Å². The third-order valence-electron chi connectivity index (χ3n) is 6.53. The number of hydrogen-bond acceptors (Lipinski definition) is 8. The molecule has 0 aromatic heterocycles. The van der Waals surface area contributed by atoms with Gasteiger partial charge in [-0.25, -0.2) is 0 Å². The Labute approximate surface area is 229 Å². The summed E-state index contributed by atoms with van der Waals surface area (Å²) in [5, 5.41) is 0. The molecule has 0 radical (unpaired) electrons. The fourth-order valence-corrected chi connectivity index (χ4v) is 41.8. The van der Waals surface area contributed by atoms with E-state index in [0.29, 0.717) is 0 Å². The second-order valence-corrected chi connectivity index (χ2v) is 43.2. The van der Waals surface area contributed by atoms with Gasteiger partial charge in [0.2, 0.25) is 0 Å². The minimum atomic E-state index is -2.62. The molecule has 6 nitrogen and oxygen atoms in total. The molecule has 0 aliphatic heterocycles. The van der Waals surface area contributed by atoms with E-state index < -0.39 is 33.2 Å². The molecule has 0 N–H and O–H groups in total. The topological polar surface area (TPSA) is 55.4 Å². The molecule has 35 heavy (non-hydrogen) atoms. The summed E-state index contributed by atoms with van der Waals surface area (Å²) in [6.45, 7) is 14.0. The third-order valence-corrected chi connectivity index (χ3v) is 44.0. The van der Waals surface area contributed by atoms with Crippen LogP contribution in [0.4, 0.5) is 0 Å². The molecule has 0 aromatic rings. The van der Waals surface area contributed by atoms with Crippen molar-refractivity contribution in [3.05, 3.63) is 0 Å². The van der Waals surface area contributed by atoms with Crippen LogP contribution in [0.15, 0.2) is 0 Å². The summed E-state index contributed by atoms with van der Waals surface area (Å²) in [6.07, 6.45) is 5.19. The fourth-order valence-electron chi connectivity index (χ4n) is 4.21. The molecule has 0 aromatic carbocycles. The van der Waals surface area contributed by atoms with Crippen LogP contribution in [0, 0.1) is 10.8 Å². The van der Waals surface area contributed by atoms with Gasteiger partial charge in [-0.15, -0.1) is 0 Å². The molecule has 0 saturated carbocycles. The molecular formula is C24H56O6S2Si2Sn. The van der Waals surface area contributed by atoms with Gasteiger partial charge in [0, 0.05) is 0 Å². The summed E-state index contributed by atoms with van der Waals surface area (Å²) < 4.78 is 37.5. The molecule has 0 bridgehead atoms. The number of rotatable bonds is 22. The van der Waals surface area contributed by atoms with Crippen molar-refractivity contribution < 1.29 is 26.6 Å². The number of hydrogen-bond donors (Lipinski definition) is 0. The second-order valence-electron chi connectivity index (χ2n) is 11.0. The molecule has 0 saturated heterocycles. The third kappa shape index (κ3) is 13.1. The first-order chi connectivity index (χ1) is 16.3. The van der Waals surface area contributed by atoms with Crippen LogP contribution in [-0.2, 0) is 26.6 Å². The summed E-state index contributed by atoms with van der Waals surface area (Å²) in [5.41, 5.74) is 0.166. The van der Waals surface area contributed by atoms with E-state index in [-0.39, 0.29) is 10.8 Å². The molecule has 0 heterocycles. The molecule has 0 aliphatic rings. The Balaban J connectivity index is 5.73. The van der Waals surface area contributed by atoms with Crippen LogP contribution in [0.5, 0.6) is 0 Å². The van der Waals surface area contributed by atoms with Crippen molar-refractivity contribution in [3.63, 3.8) is 0 Å². The van der Waals surface area contributed by atoms with E-state index in [2.05, 4.69) is 59.4 Å². The monoisotopic (exact) mass is 680 g/mol. The molecule has 11 heteroatoms. The Hall–Kier alpha value is 1.69. The summed E-state index contributed by atoms with van der Waals surface area (Å²) in [5.74, 6) is 2.25. The molecule has 212 valence electrons. The van der Waals surface area contributed by atoms with Crippen LogP contribution in [0.2, 0.25) is 21.0 Å². The Kier molecular flexibility index (Phi) is 18.2. The predicted octanol–water partition coefficient (Wildman–Crippen LogP) is 7.30. The van der Waals surface area contributed by atoms with Crippen molar-refractivity contribution in [2.45, 2.75) is 88.2 Å². The summed E-state index contributed by atoms with van der Waals surface area (Å²) in [6, 6.07) is 1.67. The van der Waals surface area contributed by atoms with Crippen molar-refractivity contribution in [2.75, 3.05) is 54.2 Å². The van der Waals surface area contributed by atoms with E-state index in [4.69, 9.17) is 26.6 Å². The first kappa shape index (κ1) is 36.7. The first-order valence-electron chi connectivity index (χ1n) is 12.9. The van der Waals surface area contributed by atoms with E-state index in [9.17, 15) is 0 Å². The Morgan fingerprint density at radius 3 is 1.09 bits per heavy atom. The average molecular weight is 680 g/mol. The SMILES string of the molecule is CCC[CH2][Sn]([CH2]CCC)([S]CC(C)(C)C[Si](OC)(OC)OC)[S]CC(C)(C)C[Si](OC)(OC)OC. The minimum absolute atomic E-state index is 0.0832. The molecule has 0 aliphatic carbocycles. The van der Waals surface area contributed by atoms with E-state index in [1.807, 2.05) is 0 Å². The summed E-state index contributed by atoms with van der Waals surface area (Å²) in [4.78, 5) is 0. The van der Waals surface area contributed by atoms with Crippen molar-refractivity contribution >= 4 is 51.1 Å². The standard InChI is InChI=1S/2C8H20O3SSi.2C4H9.Sn/c2*1-8(2,6-12)7-13(9-3,10-4)11-5;2*1-3-4-2;/h2*12H,6-7H2,1-5H3;2*1,3-4H2,2H3;/q;;;;+2/p-2. The van der Waals surface area contributed by atoms with E-state index >= 15 is 0 Å². The van der Waals surface area contributed by atoms with Gasteiger partial charge in [0.25, 0.3) is 0 Å². The van der Waals surface area contributed by atoms with Crippen LogP contribution in [0.3, 0.4) is 0 Å². The van der Waals surface area contributed by atoms with Gasteiger partial charge in [-0.1, -0.05) is 0 Å². The van der Waals surface area contributed by atoms with E-state index in [1.54, 1.807) is 42.7 Å². The maximum atomic E-state index is 5.77. The van der Waals surface area contributed by atoms with Gasteiger partial charge in [0.05, 0.1) is 0 Å². The summed E-state index contributed by atoms with van der Waals surface area (Å²) >= 11 is -2.58. The van der Waals surface area contributed by atoms with Gasteiger partial charge in [-0.2, -0.15) is 0 Å². The van der Waals surface area contributed by atoms with Gasteiger partial charge in [-0.3, -0.25) is 0 Å². The molecule has 0 spiro atoms. The quantitative estimate of drug-likeness (QED) is 0.111. The van der Waals surface area contributed by atoms with Crippen LogP contribution in [0.25, 0.3) is 0 Å². The number of unbranched alkanes of at least 4 members (excludes halogenated alkanes) is 2. The zero-order valence-electron chi connectivity index (χ0n) is 24.8. The fraction of sp³-hybridized carbons (Fsp3) is 1.00. The molecule has 0 fully saturated rings. The first-order valence-corrected chi connectivity index (χ1v) is 29.8. The molecule has 0 unspecified atom stereocenters. The molecular weight excluding hydrogens is 623 g/mol. The second kappa shape index (κ2) is 17.4. The molecule has 0 rings (SSSR count). The summed E-state index contributed by atoms with van der Waals surface area (Å²) in [7, 11) is 9.76. The molecule has 0 amide bonds. The Morgan fingerprint density at radius 1 is 0.571 bits per heavy atom. The van der Waals surface area contributed by atoms with Crippen molar-refractivity contribution in [3.8, 4) is 0 Å². The maximum absolute atomic E-state index is 5.77. The average Bonchev–Trinajstić information content (AvgIpc) is 2.85. The van der Waals surface area contributed by atoms with E-state index in [1.165, 1.54) is 34.6 Å². The van der Waals surface area contributed by atoms with Gasteiger partial charge < -0.3 is 0 Å². The van der Waals surface area contributed by atoms with Crippen LogP contribution in [-0.4, -0.2) is 87.4 Å². The van der Waals surface area contributed by atoms with Crippen molar-refractivity contribution in [1.29, 1.82) is 0 Å². The zero-order chi connectivity index (χ0) is 27.2. The van der Waals surface area contributed by atoms with Crippen molar-refractivity contribution in [1.82, 2.24) is 0 Å². The van der Waals surface area contributed by atoms with Crippen LogP contribution >= 0.6 is 17.9 Å². The van der Waals surface area contributed by atoms with Crippen molar-refractivity contribution in [2.24, 2.45) is 10.8 Å². The zero-order valence-corrected chi connectivity index (χ0v) is 31.3. The van der Waals surface area contributed by atoms with Gasteiger partial charge >= 0.3 is 231 Å². The van der Waals surface area contributed by atoms with Gasteiger partial charge in [0.1, 0.15) is 0 Å². The van der Waals surface area contributed by atoms with Gasteiger partial charge in [-0.05, 0) is 0 Å².